The molecule has 1 aliphatic rings. The Kier molecular flexibility index (Phi) is 10.5. The highest BCUT2D eigenvalue weighted by molar-refractivity contribution is 14.0. The summed E-state index contributed by atoms with van der Waals surface area (Å²) in [5.74, 6) is 2.15. The third-order valence-corrected chi connectivity index (χ3v) is 5.54. The van der Waals surface area contributed by atoms with Crippen LogP contribution in [0.2, 0.25) is 0 Å². The number of ether oxygens (including phenoxy) is 1. The number of nitrogens with zero attached hydrogens (tertiary/aromatic N) is 3. The Morgan fingerprint density at radius 2 is 2.03 bits per heavy atom. The van der Waals surface area contributed by atoms with Gasteiger partial charge in [-0.3, -0.25) is 9.79 Å². The molecule has 1 fully saturated rings. The van der Waals surface area contributed by atoms with Crippen molar-refractivity contribution in [2.75, 3.05) is 38.7 Å². The van der Waals surface area contributed by atoms with E-state index in [-0.39, 0.29) is 35.8 Å². The van der Waals surface area contributed by atoms with Crippen molar-refractivity contribution in [3.63, 3.8) is 0 Å². The molecule has 1 aliphatic heterocycles. The third-order valence-electron chi connectivity index (χ3n) is 5.54. The van der Waals surface area contributed by atoms with Crippen LogP contribution in [0.1, 0.15) is 24.0 Å². The highest BCUT2D eigenvalue weighted by atomic mass is 127. The summed E-state index contributed by atoms with van der Waals surface area (Å²) < 4.78 is 5.41. The van der Waals surface area contributed by atoms with E-state index < -0.39 is 0 Å². The Hall–Kier alpha value is -2.56. The number of amides is 1. The zero-order valence-corrected chi connectivity index (χ0v) is 21.0. The molecule has 0 bridgehead atoms. The zero-order chi connectivity index (χ0) is 22.1. The van der Waals surface area contributed by atoms with Gasteiger partial charge in [-0.2, -0.15) is 0 Å². The van der Waals surface area contributed by atoms with Crippen molar-refractivity contribution in [3.8, 4) is 5.75 Å². The van der Waals surface area contributed by atoms with Gasteiger partial charge >= 0.3 is 0 Å². The molecule has 0 spiro atoms. The van der Waals surface area contributed by atoms with Crippen LogP contribution in [-0.4, -0.2) is 50.6 Å². The average Bonchev–Trinajstić information content (AvgIpc) is 2.81. The summed E-state index contributed by atoms with van der Waals surface area (Å²) in [6.45, 7) is 2.80. The predicted molar refractivity (Wildman–Crippen MR) is 139 cm³/mol. The molecular weight excluding hydrogens is 519 g/mol. The van der Waals surface area contributed by atoms with E-state index in [9.17, 15) is 4.79 Å². The molecule has 2 aromatic rings. The van der Waals surface area contributed by atoms with Crippen LogP contribution in [0.4, 0.5) is 5.82 Å². The van der Waals surface area contributed by atoms with Crippen LogP contribution in [-0.2, 0) is 17.8 Å². The van der Waals surface area contributed by atoms with Gasteiger partial charge in [-0.25, -0.2) is 4.98 Å². The third kappa shape index (κ3) is 6.98. The normalized spacial score (nSPS) is 16.1. The Morgan fingerprint density at radius 1 is 1.25 bits per heavy atom. The minimum Gasteiger partial charge on any atom is -0.496 e. The topological polar surface area (TPSA) is 105 Å². The number of primary amides is 1. The fourth-order valence-corrected chi connectivity index (χ4v) is 3.88. The van der Waals surface area contributed by atoms with Gasteiger partial charge in [0.05, 0.1) is 13.0 Å². The highest BCUT2D eigenvalue weighted by Gasteiger charge is 2.25. The average molecular weight is 552 g/mol. The maximum Gasteiger partial charge on any atom is 0.222 e. The number of nitrogens with one attached hydrogen (secondary N) is 2. The van der Waals surface area contributed by atoms with Gasteiger partial charge in [0.1, 0.15) is 11.6 Å². The molecule has 0 radical (unpaired) electrons. The van der Waals surface area contributed by atoms with Gasteiger partial charge in [-0.1, -0.05) is 24.3 Å². The van der Waals surface area contributed by atoms with Crippen molar-refractivity contribution in [1.29, 1.82) is 0 Å². The maximum atomic E-state index is 11.6. The van der Waals surface area contributed by atoms with Gasteiger partial charge in [0.15, 0.2) is 5.96 Å². The molecule has 1 amide bonds. The number of nitrogens with two attached hydrogens (primary N) is 1. The SMILES string of the molecule is CN=C(NCCc1ccccc1OC)NCc1cccnc1N1CCCC(C(N)=O)C1.I. The van der Waals surface area contributed by atoms with Crippen LogP contribution in [0.15, 0.2) is 47.6 Å². The number of benzene rings is 1. The first kappa shape index (κ1) is 25.7. The molecule has 1 aromatic heterocycles. The summed E-state index contributed by atoms with van der Waals surface area (Å²) >= 11 is 0. The van der Waals surface area contributed by atoms with Crippen LogP contribution in [0.5, 0.6) is 5.75 Å². The van der Waals surface area contributed by atoms with E-state index in [0.717, 1.165) is 61.0 Å². The number of piperidine rings is 1. The van der Waals surface area contributed by atoms with E-state index in [1.54, 1.807) is 20.4 Å². The standard InChI is InChI=1S/C23H32N6O2.HI/c1-25-23(27-13-11-17-7-3-4-10-20(17)31-2)28-15-18-8-5-12-26-22(18)29-14-6-9-19(16-29)21(24)30;/h3-5,7-8,10,12,19H,6,9,11,13-16H2,1-2H3,(H2,24,30)(H2,25,27,28);1H. The van der Waals surface area contributed by atoms with E-state index in [1.807, 2.05) is 30.3 Å². The van der Waals surface area contributed by atoms with E-state index in [1.165, 1.54) is 0 Å². The first-order chi connectivity index (χ1) is 15.1. The lowest BCUT2D eigenvalue weighted by molar-refractivity contribution is -0.122. The van der Waals surface area contributed by atoms with E-state index in [0.29, 0.717) is 13.1 Å². The number of rotatable bonds is 8. The van der Waals surface area contributed by atoms with Crippen LogP contribution in [0, 0.1) is 5.92 Å². The number of carbonyl (C=O) groups is 1. The van der Waals surface area contributed by atoms with Gasteiger partial charge in [-0.05, 0) is 37.0 Å². The highest BCUT2D eigenvalue weighted by Crippen LogP contribution is 2.24. The monoisotopic (exact) mass is 552 g/mol. The Bertz CT molecular complexity index is 908. The fourth-order valence-electron chi connectivity index (χ4n) is 3.88. The number of pyridine rings is 1. The molecule has 3 rings (SSSR count). The Balaban J connectivity index is 0.00000363. The number of hydrogen-bond acceptors (Lipinski definition) is 5. The number of aliphatic imine (C=N–C) groups is 1. The van der Waals surface area contributed by atoms with Crippen LogP contribution in [0.25, 0.3) is 0 Å². The lowest BCUT2D eigenvalue weighted by atomic mass is 9.97. The summed E-state index contributed by atoms with van der Waals surface area (Å²) in [5, 5.41) is 6.71. The second kappa shape index (κ2) is 13.1. The van der Waals surface area contributed by atoms with Crippen LogP contribution < -0.4 is 26.0 Å². The summed E-state index contributed by atoms with van der Waals surface area (Å²) in [4.78, 5) is 22.7. The van der Waals surface area contributed by atoms with Gasteiger partial charge in [0, 0.05) is 45.0 Å². The zero-order valence-electron chi connectivity index (χ0n) is 18.7. The molecular formula is C23H33IN6O2. The number of methoxy groups -OCH3 is 1. The molecule has 0 saturated carbocycles. The quantitative estimate of drug-likeness (QED) is 0.264. The van der Waals surface area contributed by atoms with Crippen molar-refractivity contribution in [3.05, 3.63) is 53.7 Å². The van der Waals surface area contributed by atoms with Crippen LogP contribution in [0.3, 0.4) is 0 Å². The molecule has 1 aromatic carbocycles. The molecule has 8 nitrogen and oxygen atoms in total. The van der Waals surface area contributed by atoms with Gasteiger partial charge in [0.2, 0.25) is 5.91 Å². The van der Waals surface area contributed by atoms with E-state index >= 15 is 0 Å². The van der Waals surface area contributed by atoms with E-state index in [4.69, 9.17) is 10.5 Å². The largest absolute Gasteiger partial charge is 0.496 e. The van der Waals surface area contributed by atoms with Crippen molar-refractivity contribution >= 4 is 41.7 Å². The molecule has 4 N–H and O–H groups in total. The summed E-state index contributed by atoms with van der Waals surface area (Å²) in [6, 6.07) is 12.0. The minimum absolute atomic E-state index is 0. The number of hydrogen-bond donors (Lipinski definition) is 3. The second-order valence-electron chi connectivity index (χ2n) is 7.59. The number of halogens is 1. The van der Waals surface area contributed by atoms with Crippen molar-refractivity contribution < 1.29 is 9.53 Å². The molecule has 9 heteroatoms. The number of aromatic nitrogens is 1. The van der Waals surface area contributed by atoms with Crippen molar-refractivity contribution in [2.45, 2.75) is 25.8 Å². The number of guanidine groups is 1. The predicted octanol–water partition coefficient (Wildman–Crippen LogP) is 2.32. The molecule has 1 atom stereocenters. The molecule has 32 heavy (non-hydrogen) atoms. The Labute approximate surface area is 207 Å². The molecule has 2 heterocycles. The number of carbonyl (C=O) groups excluding carboxylic acids is 1. The smallest absolute Gasteiger partial charge is 0.222 e. The minimum atomic E-state index is -0.236. The van der Waals surface area contributed by atoms with Gasteiger partial charge in [0.25, 0.3) is 0 Å². The molecule has 1 unspecified atom stereocenters. The van der Waals surface area contributed by atoms with Crippen molar-refractivity contribution in [2.24, 2.45) is 16.6 Å². The summed E-state index contributed by atoms with van der Waals surface area (Å²) in [7, 11) is 3.44. The van der Waals surface area contributed by atoms with Crippen LogP contribution >= 0.6 is 24.0 Å². The van der Waals surface area contributed by atoms with E-state index in [2.05, 4.69) is 31.6 Å². The number of para-hydroxylation sites is 1. The first-order valence-electron chi connectivity index (χ1n) is 10.7. The van der Waals surface area contributed by atoms with Crippen molar-refractivity contribution in [1.82, 2.24) is 15.6 Å². The number of anilines is 1. The molecule has 1 saturated heterocycles. The first-order valence-corrected chi connectivity index (χ1v) is 10.7. The van der Waals surface area contributed by atoms with Gasteiger partial charge < -0.3 is 26.0 Å². The Morgan fingerprint density at radius 3 is 2.78 bits per heavy atom. The van der Waals surface area contributed by atoms with Gasteiger partial charge in [-0.15, -0.1) is 24.0 Å². The molecule has 174 valence electrons. The fraction of sp³-hybridized carbons (Fsp3) is 0.435. The lowest BCUT2D eigenvalue weighted by Gasteiger charge is -2.33. The summed E-state index contributed by atoms with van der Waals surface area (Å²) in [6.07, 6.45) is 4.39. The maximum absolute atomic E-state index is 11.6. The lowest BCUT2D eigenvalue weighted by Crippen LogP contribution is -2.42. The summed E-state index contributed by atoms with van der Waals surface area (Å²) in [5.41, 5.74) is 7.74. The molecule has 0 aliphatic carbocycles. The second-order valence-corrected chi connectivity index (χ2v) is 7.59.